The van der Waals surface area contributed by atoms with E-state index in [1.807, 2.05) is 54.6 Å². The lowest BCUT2D eigenvalue weighted by Crippen LogP contribution is -2.54. The summed E-state index contributed by atoms with van der Waals surface area (Å²) in [6.45, 7) is 2.47. The van der Waals surface area contributed by atoms with Crippen LogP contribution >= 0.6 is 0 Å². The van der Waals surface area contributed by atoms with Gasteiger partial charge in [-0.15, -0.1) is 0 Å². The summed E-state index contributed by atoms with van der Waals surface area (Å²) in [6, 6.07) is 29.3. The van der Waals surface area contributed by atoms with E-state index in [1.54, 1.807) is 18.2 Å². The molecule has 11 nitrogen and oxygen atoms in total. The van der Waals surface area contributed by atoms with Crippen molar-refractivity contribution in [3.8, 4) is 17.2 Å². The van der Waals surface area contributed by atoms with Crippen LogP contribution < -0.4 is 14.8 Å². The molecule has 53 heavy (non-hydrogen) atoms. The van der Waals surface area contributed by atoms with E-state index in [9.17, 15) is 24.3 Å². The average molecular weight is 719 g/mol. The molecule has 2 N–H and O–H groups in total. The third-order valence-corrected chi connectivity index (χ3v) is 8.97. The second-order valence-electron chi connectivity index (χ2n) is 12.7. The Morgan fingerprint density at radius 1 is 0.736 bits per heavy atom. The number of hydrogen-bond acceptors (Lipinski definition) is 9. The van der Waals surface area contributed by atoms with Gasteiger partial charge in [0.1, 0.15) is 29.9 Å². The van der Waals surface area contributed by atoms with Gasteiger partial charge in [-0.05, 0) is 84.0 Å². The van der Waals surface area contributed by atoms with Gasteiger partial charge in [0.05, 0.1) is 37.6 Å². The Balaban J connectivity index is 0.847. The molecule has 0 aromatic heterocycles. The number of imide groups is 2. The van der Waals surface area contributed by atoms with E-state index in [1.165, 1.54) is 28.8 Å². The minimum absolute atomic E-state index is 0.0673. The van der Waals surface area contributed by atoms with Crippen LogP contribution in [0.2, 0.25) is 0 Å². The summed E-state index contributed by atoms with van der Waals surface area (Å²) in [5, 5.41) is 11.8. The quantitative estimate of drug-likeness (QED) is 0.0737. The van der Waals surface area contributed by atoms with Crippen molar-refractivity contribution in [2.45, 2.75) is 38.1 Å². The molecule has 11 heteroatoms. The van der Waals surface area contributed by atoms with Crippen molar-refractivity contribution in [2.75, 3.05) is 39.6 Å². The molecule has 1 fully saturated rings. The Morgan fingerprint density at radius 2 is 1.42 bits per heavy atom. The number of amides is 4. The van der Waals surface area contributed by atoms with Gasteiger partial charge in [0, 0.05) is 19.4 Å². The van der Waals surface area contributed by atoms with Gasteiger partial charge in [0.25, 0.3) is 11.8 Å². The van der Waals surface area contributed by atoms with Gasteiger partial charge in [0.15, 0.2) is 0 Å². The summed E-state index contributed by atoms with van der Waals surface area (Å²) in [4.78, 5) is 50.5. The molecule has 0 spiro atoms. The average Bonchev–Trinajstić information content (AvgIpc) is 3.41. The summed E-state index contributed by atoms with van der Waals surface area (Å²) in [5.41, 5.74) is 5.04. The topological polar surface area (TPSA) is 141 Å². The Kier molecular flexibility index (Phi) is 12.6. The summed E-state index contributed by atoms with van der Waals surface area (Å²) in [7, 11) is 0. The highest BCUT2D eigenvalue weighted by atomic mass is 16.5. The molecule has 1 atom stereocenters. The van der Waals surface area contributed by atoms with Gasteiger partial charge in [-0.2, -0.15) is 0 Å². The molecule has 2 aliphatic rings. The minimum atomic E-state index is -1.01. The highest BCUT2D eigenvalue weighted by Crippen LogP contribution is 2.30. The molecule has 0 bridgehead atoms. The second kappa shape index (κ2) is 18.1. The molecule has 1 unspecified atom stereocenters. The van der Waals surface area contributed by atoms with Crippen LogP contribution in [0.15, 0.2) is 97.1 Å². The molecule has 4 aromatic carbocycles. The first-order valence-electron chi connectivity index (χ1n) is 17.8. The molecule has 1 saturated heterocycles. The zero-order valence-electron chi connectivity index (χ0n) is 29.3. The first-order chi connectivity index (χ1) is 25.9. The summed E-state index contributed by atoms with van der Waals surface area (Å²) < 4.78 is 22.9. The standard InChI is InChI=1S/C42H42N2O9/c45-33-13-8-29(9-14-33)7-12-32(31-5-2-1-3-6-31)27-30-10-15-34(16-11-30)53-26-25-51-24-23-50-21-4-22-52-35-17-18-36-37(28-35)42(49)44(41(36)48)38-19-20-39(46)43-40(38)47/h1-3,5-6,8-11,13-18,27-28,38,45H,4,7,12,19-26H2,(H,43,46,47)/b32-27-. The molecule has 4 aromatic rings. The molecular weight excluding hydrogens is 676 g/mol. The number of phenolic OH excluding ortho intramolecular Hbond substituents is 1. The maximum Gasteiger partial charge on any atom is 0.262 e. The smallest absolute Gasteiger partial charge is 0.262 e. The number of aromatic hydroxyl groups is 1. The molecule has 6 rings (SSSR count). The van der Waals surface area contributed by atoms with E-state index in [-0.39, 0.29) is 29.7 Å². The van der Waals surface area contributed by atoms with Crippen molar-refractivity contribution in [3.05, 3.63) is 125 Å². The van der Waals surface area contributed by atoms with Crippen molar-refractivity contribution in [1.29, 1.82) is 0 Å². The fourth-order valence-electron chi connectivity index (χ4n) is 6.19. The van der Waals surface area contributed by atoms with E-state index >= 15 is 0 Å². The fourth-order valence-corrected chi connectivity index (χ4v) is 6.19. The molecule has 0 saturated carbocycles. The van der Waals surface area contributed by atoms with Crippen LogP contribution in [0.4, 0.5) is 0 Å². The monoisotopic (exact) mass is 718 g/mol. The van der Waals surface area contributed by atoms with Crippen LogP contribution in [0.3, 0.4) is 0 Å². The number of piperidine rings is 1. The van der Waals surface area contributed by atoms with E-state index in [0.29, 0.717) is 51.8 Å². The lowest BCUT2D eigenvalue weighted by Gasteiger charge is -2.27. The van der Waals surface area contributed by atoms with Gasteiger partial charge in [-0.3, -0.25) is 29.4 Å². The van der Waals surface area contributed by atoms with Crippen molar-refractivity contribution >= 4 is 35.3 Å². The number of phenols is 1. The lowest BCUT2D eigenvalue weighted by atomic mass is 9.96. The first-order valence-corrected chi connectivity index (χ1v) is 17.8. The molecule has 0 aliphatic carbocycles. The van der Waals surface area contributed by atoms with Crippen LogP contribution in [0.25, 0.3) is 11.6 Å². The van der Waals surface area contributed by atoms with Gasteiger partial charge in [-0.25, -0.2) is 0 Å². The van der Waals surface area contributed by atoms with E-state index in [0.717, 1.165) is 29.1 Å². The molecule has 274 valence electrons. The van der Waals surface area contributed by atoms with Crippen LogP contribution in [0, 0.1) is 0 Å². The van der Waals surface area contributed by atoms with Gasteiger partial charge in [0.2, 0.25) is 11.8 Å². The fraction of sp³-hybridized carbons (Fsp3) is 0.286. The first kappa shape index (κ1) is 37.0. The van der Waals surface area contributed by atoms with Crippen LogP contribution in [0.1, 0.15) is 63.1 Å². The maximum atomic E-state index is 13.0. The molecule has 4 amide bonds. The van der Waals surface area contributed by atoms with Crippen molar-refractivity contribution < 1.29 is 43.2 Å². The van der Waals surface area contributed by atoms with Crippen molar-refractivity contribution in [3.63, 3.8) is 0 Å². The SMILES string of the molecule is O=C1CCC(N2C(=O)c3ccc(OCCCOCCOCCOc4ccc(/C=C(/CCc5ccc(O)cc5)c5ccccc5)cc4)cc3C2=O)C(=O)N1. The zero-order valence-corrected chi connectivity index (χ0v) is 29.3. The Bertz CT molecular complexity index is 1920. The van der Waals surface area contributed by atoms with Crippen LogP contribution in [0.5, 0.6) is 17.2 Å². The number of nitrogens with one attached hydrogen (secondary N) is 1. The van der Waals surface area contributed by atoms with Crippen molar-refractivity contribution in [2.24, 2.45) is 0 Å². The normalized spacial score (nSPS) is 15.7. The number of carbonyl (C=O) groups is 4. The minimum Gasteiger partial charge on any atom is -0.508 e. The predicted molar refractivity (Wildman–Crippen MR) is 198 cm³/mol. The van der Waals surface area contributed by atoms with E-state index < -0.39 is 29.7 Å². The molecule has 0 radical (unpaired) electrons. The lowest BCUT2D eigenvalue weighted by molar-refractivity contribution is -0.136. The molecule has 2 heterocycles. The third-order valence-electron chi connectivity index (χ3n) is 8.97. The number of nitrogens with zero attached hydrogens (tertiary/aromatic N) is 1. The number of allylic oxidation sites excluding steroid dienone is 1. The maximum absolute atomic E-state index is 13.0. The highest BCUT2D eigenvalue weighted by molar-refractivity contribution is 6.23. The Hall–Kier alpha value is -5.78. The number of benzene rings is 4. The largest absolute Gasteiger partial charge is 0.508 e. The number of rotatable bonds is 18. The summed E-state index contributed by atoms with van der Waals surface area (Å²) >= 11 is 0. The summed E-state index contributed by atoms with van der Waals surface area (Å²) in [6.07, 6.45) is 4.70. The number of ether oxygens (including phenoxy) is 4. The van der Waals surface area contributed by atoms with Gasteiger partial charge >= 0.3 is 0 Å². The van der Waals surface area contributed by atoms with Gasteiger partial charge in [-0.1, -0.05) is 60.7 Å². The number of aryl methyl sites for hydroxylation is 1. The Morgan fingerprint density at radius 3 is 2.17 bits per heavy atom. The zero-order chi connectivity index (χ0) is 37.0. The molecular formula is C42H42N2O9. The molecule has 2 aliphatic heterocycles. The summed E-state index contributed by atoms with van der Waals surface area (Å²) in [5.74, 6) is -0.718. The highest BCUT2D eigenvalue weighted by Gasteiger charge is 2.44. The second-order valence-corrected chi connectivity index (χ2v) is 12.7. The van der Waals surface area contributed by atoms with Gasteiger partial charge < -0.3 is 24.1 Å². The van der Waals surface area contributed by atoms with Crippen molar-refractivity contribution in [1.82, 2.24) is 10.2 Å². The number of carbonyl (C=O) groups excluding carboxylic acids is 4. The third kappa shape index (κ3) is 9.97. The van der Waals surface area contributed by atoms with E-state index in [2.05, 4.69) is 23.5 Å². The Labute approximate surface area is 308 Å². The van der Waals surface area contributed by atoms with Crippen LogP contribution in [-0.2, 0) is 25.5 Å². The number of hydrogen-bond donors (Lipinski definition) is 2. The predicted octanol–water partition coefficient (Wildman–Crippen LogP) is 5.85. The van der Waals surface area contributed by atoms with Crippen LogP contribution in [-0.4, -0.2) is 79.3 Å². The van der Waals surface area contributed by atoms with E-state index in [4.69, 9.17) is 18.9 Å². The number of fused-ring (bicyclic) bond motifs is 1.